The molecule has 0 spiro atoms. The van der Waals surface area contributed by atoms with Gasteiger partial charge in [0.1, 0.15) is 10.7 Å². The van der Waals surface area contributed by atoms with Crippen molar-refractivity contribution in [3.05, 3.63) is 59.4 Å². The van der Waals surface area contributed by atoms with Crippen LogP contribution in [0.25, 0.3) is 0 Å². The number of halogens is 3. The Labute approximate surface area is 172 Å². The van der Waals surface area contributed by atoms with Gasteiger partial charge in [0, 0.05) is 29.9 Å². The molecule has 10 heteroatoms. The summed E-state index contributed by atoms with van der Waals surface area (Å²) in [6.45, 7) is 1.50. The fourth-order valence-electron chi connectivity index (χ4n) is 3.35. The SMILES string of the molecule is CC1CCCC(O)CN1S(=O)(=O)c1cc(C(=O)Nc2ccc(F)c(F)c2)ccc1F. The van der Waals surface area contributed by atoms with E-state index in [1.807, 2.05) is 0 Å². The van der Waals surface area contributed by atoms with Gasteiger partial charge >= 0.3 is 0 Å². The molecule has 1 aliphatic heterocycles. The van der Waals surface area contributed by atoms with Gasteiger partial charge in [-0.2, -0.15) is 4.31 Å². The Bertz CT molecular complexity index is 1060. The number of nitrogens with zero attached hydrogens (tertiary/aromatic N) is 1. The molecule has 2 aromatic carbocycles. The molecule has 162 valence electrons. The van der Waals surface area contributed by atoms with E-state index in [-0.39, 0.29) is 17.8 Å². The molecule has 0 aromatic heterocycles. The first-order chi connectivity index (χ1) is 14.1. The van der Waals surface area contributed by atoms with Crippen LogP contribution in [0, 0.1) is 17.5 Å². The van der Waals surface area contributed by atoms with Crippen molar-refractivity contribution in [3.63, 3.8) is 0 Å². The molecule has 2 unspecified atom stereocenters. The van der Waals surface area contributed by atoms with Gasteiger partial charge < -0.3 is 10.4 Å². The zero-order valence-electron chi connectivity index (χ0n) is 16.1. The minimum Gasteiger partial charge on any atom is -0.392 e. The van der Waals surface area contributed by atoms with Gasteiger partial charge in [0.2, 0.25) is 10.0 Å². The van der Waals surface area contributed by atoms with Crippen LogP contribution in [-0.4, -0.2) is 42.4 Å². The number of rotatable bonds is 4. The summed E-state index contributed by atoms with van der Waals surface area (Å²) < 4.78 is 68.0. The van der Waals surface area contributed by atoms with Gasteiger partial charge in [-0.15, -0.1) is 0 Å². The number of aliphatic hydroxyl groups excluding tert-OH is 1. The largest absolute Gasteiger partial charge is 0.392 e. The molecule has 1 aliphatic rings. The van der Waals surface area contributed by atoms with Crippen molar-refractivity contribution in [3.8, 4) is 0 Å². The second-order valence-corrected chi connectivity index (χ2v) is 9.10. The van der Waals surface area contributed by atoms with Gasteiger partial charge in [0.15, 0.2) is 11.6 Å². The summed E-state index contributed by atoms with van der Waals surface area (Å²) in [7, 11) is -4.33. The van der Waals surface area contributed by atoms with E-state index in [4.69, 9.17) is 0 Å². The molecule has 1 heterocycles. The van der Waals surface area contributed by atoms with Crippen LogP contribution in [0.3, 0.4) is 0 Å². The minimum absolute atomic E-state index is 0.0445. The van der Waals surface area contributed by atoms with Gasteiger partial charge in [-0.05, 0) is 56.5 Å². The first-order valence-corrected chi connectivity index (χ1v) is 10.8. The topological polar surface area (TPSA) is 86.7 Å². The molecule has 0 saturated carbocycles. The standard InChI is InChI=1S/C20H21F3N2O4S/c1-12-3-2-4-15(26)11-25(12)30(28,29)19-9-13(5-7-17(19)22)20(27)24-14-6-8-16(21)18(23)10-14/h5-10,12,15,26H,2-4,11H2,1H3,(H,24,27). The van der Waals surface area contributed by atoms with E-state index in [9.17, 15) is 31.5 Å². The van der Waals surface area contributed by atoms with E-state index < -0.39 is 50.4 Å². The van der Waals surface area contributed by atoms with Crippen LogP contribution in [0.1, 0.15) is 36.5 Å². The number of anilines is 1. The molecule has 1 amide bonds. The van der Waals surface area contributed by atoms with Crippen LogP contribution >= 0.6 is 0 Å². The van der Waals surface area contributed by atoms with E-state index >= 15 is 0 Å². The number of sulfonamides is 1. The predicted octanol–water partition coefficient (Wildman–Crippen LogP) is 3.28. The minimum atomic E-state index is -4.33. The number of carbonyl (C=O) groups is 1. The number of benzene rings is 2. The van der Waals surface area contributed by atoms with Crippen LogP contribution in [0.2, 0.25) is 0 Å². The van der Waals surface area contributed by atoms with Gasteiger partial charge in [0.05, 0.1) is 6.10 Å². The van der Waals surface area contributed by atoms with Crippen molar-refractivity contribution >= 4 is 21.6 Å². The average Bonchev–Trinajstić information content (AvgIpc) is 2.86. The molecule has 0 aliphatic carbocycles. The van der Waals surface area contributed by atoms with E-state index in [1.165, 1.54) is 0 Å². The first kappa shape index (κ1) is 22.3. The lowest BCUT2D eigenvalue weighted by Crippen LogP contribution is -2.41. The molecular formula is C20H21F3N2O4S. The maximum absolute atomic E-state index is 14.4. The number of amides is 1. The molecule has 0 bridgehead atoms. The fourth-order valence-corrected chi connectivity index (χ4v) is 5.14. The molecule has 2 aromatic rings. The quantitative estimate of drug-likeness (QED) is 0.761. The number of nitrogens with one attached hydrogen (secondary N) is 1. The number of β-amino-alcohol motifs (C(OH)–C–C–N with tert-alkyl or cyclic N) is 1. The van der Waals surface area contributed by atoms with Crippen LogP contribution in [0.15, 0.2) is 41.3 Å². The van der Waals surface area contributed by atoms with Gasteiger partial charge in [-0.25, -0.2) is 21.6 Å². The number of hydrogen-bond donors (Lipinski definition) is 2. The van der Waals surface area contributed by atoms with Crippen molar-refractivity contribution < 1.29 is 31.5 Å². The lowest BCUT2D eigenvalue weighted by molar-refractivity contribution is 0.102. The summed E-state index contributed by atoms with van der Waals surface area (Å²) in [5, 5.41) is 12.3. The fraction of sp³-hybridized carbons (Fsp3) is 0.350. The summed E-state index contributed by atoms with van der Waals surface area (Å²) in [5.41, 5.74) is -0.223. The highest BCUT2D eigenvalue weighted by Crippen LogP contribution is 2.27. The van der Waals surface area contributed by atoms with E-state index in [2.05, 4.69) is 5.32 Å². The number of hydrogen-bond acceptors (Lipinski definition) is 4. The van der Waals surface area contributed by atoms with Gasteiger partial charge in [0.25, 0.3) is 5.91 Å². The lowest BCUT2D eigenvalue weighted by atomic mass is 10.1. The molecule has 6 nitrogen and oxygen atoms in total. The Kier molecular flexibility index (Phi) is 6.49. The van der Waals surface area contributed by atoms with Crippen molar-refractivity contribution in [1.82, 2.24) is 4.31 Å². The number of aliphatic hydroxyl groups is 1. The Morgan fingerprint density at radius 1 is 1.07 bits per heavy atom. The Morgan fingerprint density at radius 2 is 1.77 bits per heavy atom. The Balaban J connectivity index is 1.92. The number of carbonyl (C=O) groups excluding carboxylic acids is 1. The Hall–Kier alpha value is -2.43. The molecule has 3 rings (SSSR count). The van der Waals surface area contributed by atoms with Crippen molar-refractivity contribution in [1.29, 1.82) is 0 Å². The third-order valence-electron chi connectivity index (χ3n) is 5.00. The summed E-state index contributed by atoms with van der Waals surface area (Å²) in [6.07, 6.45) is 0.713. The van der Waals surface area contributed by atoms with Gasteiger partial charge in [-0.1, -0.05) is 0 Å². The highest BCUT2D eigenvalue weighted by atomic mass is 32.2. The first-order valence-electron chi connectivity index (χ1n) is 9.35. The predicted molar refractivity (Wildman–Crippen MR) is 104 cm³/mol. The van der Waals surface area contributed by atoms with Crippen LogP contribution in [0.5, 0.6) is 0 Å². The van der Waals surface area contributed by atoms with E-state index in [1.54, 1.807) is 6.92 Å². The summed E-state index contributed by atoms with van der Waals surface area (Å²) in [5.74, 6) is -4.10. The molecule has 0 radical (unpaired) electrons. The maximum atomic E-state index is 14.4. The highest BCUT2D eigenvalue weighted by Gasteiger charge is 2.35. The second kappa shape index (κ2) is 8.75. The lowest BCUT2D eigenvalue weighted by Gasteiger charge is -2.27. The van der Waals surface area contributed by atoms with Crippen molar-refractivity contribution in [2.75, 3.05) is 11.9 Å². The summed E-state index contributed by atoms with van der Waals surface area (Å²) in [6, 6.07) is 5.12. The van der Waals surface area contributed by atoms with Crippen molar-refractivity contribution in [2.45, 2.75) is 43.2 Å². The van der Waals surface area contributed by atoms with E-state index in [0.717, 1.165) is 40.7 Å². The van der Waals surface area contributed by atoms with E-state index in [0.29, 0.717) is 19.3 Å². The van der Waals surface area contributed by atoms with Gasteiger partial charge in [-0.3, -0.25) is 4.79 Å². The third kappa shape index (κ3) is 4.66. The molecule has 1 fully saturated rings. The molecule has 30 heavy (non-hydrogen) atoms. The second-order valence-electron chi connectivity index (χ2n) is 7.24. The normalized spacial score (nSPS) is 20.6. The molecule has 2 atom stereocenters. The third-order valence-corrected chi connectivity index (χ3v) is 6.99. The molecule has 1 saturated heterocycles. The van der Waals surface area contributed by atoms with Crippen LogP contribution in [-0.2, 0) is 10.0 Å². The molecular weight excluding hydrogens is 421 g/mol. The maximum Gasteiger partial charge on any atom is 0.255 e. The van der Waals surface area contributed by atoms with Crippen molar-refractivity contribution in [2.24, 2.45) is 0 Å². The highest BCUT2D eigenvalue weighted by molar-refractivity contribution is 7.89. The monoisotopic (exact) mass is 442 g/mol. The Morgan fingerprint density at radius 3 is 2.47 bits per heavy atom. The zero-order chi connectivity index (χ0) is 22.1. The smallest absolute Gasteiger partial charge is 0.255 e. The van der Waals surface area contributed by atoms with Crippen LogP contribution in [0.4, 0.5) is 18.9 Å². The van der Waals surface area contributed by atoms with Crippen LogP contribution < -0.4 is 5.32 Å². The zero-order valence-corrected chi connectivity index (χ0v) is 16.9. The molecule has 2 N–H and O–H groups in total. The summed E-state index contributed by atoms with van der Waals surface area (Å²) >= 11 is 0. The summed E-state index contributed by atoms with van der Waals surface area (Å²) in [4.78, 5) is 11.8. The average molecular weight is 442 g/mol.